The van der Waals surface area contributed by atoms with E-state index in [-0.39, 0.29) is 17.1 Å². The molecule has 1 spiro atoms. The molecule has 2 saturated heterocycles. The van der Waals surface area contributed by atoms with Gasteiger partial charge in [0.15, 0.2) is 0 Å². The van der Waals surface area contributed by atoms with Crippen molar-refractivity contribution in [3.05, 3.63) is 48.0 Å². The third kappa shape index (κ3) is 5.65. The minimum atomic E-state index is -3.41. The molecule has 1 amide bonds. The van der Waals surface area contributed by atoms with Crippen molar-refractivity contribution in [2.24, 2.45) is 5.41 Å². The minimum absolute atomic E-state index is 0.0466. The van der Waals surface area contributed by atoms with E-state index in [1.807, 2.05) is 24.3 Å². The summed E-state index contributed by atoms with van der Waals surface area (Å²) in [5, 5.41) is 0. The molecule has 3 heterocycles. The van der Waals surface area contributed by atoms with Crippen molar-refractivity contribution < 1.29 is 22.7 Å². The Bertz CT molecular complexity index is 1240. The molecule has 5 rings (SSSR count). The van der Waals surface area contributed by atoms with Crippen LogP contribution in [0.2, 0.25) is 0 Å². The van der Waals surface area contributed by atoms with Gasteiger partial charge in [-0.1, -0.05) is 39.0 Å². The molecule has 0 saturated carbocycles. The van der Waals surface area contributed by atoms with Crippen LogP contribution in [0.25, 0.3) is 11.1 Å². The van der Waals surface area contributed by atoms with Crippen molar-refractivity contribution in [2.45, 2.75) is 69.8 Å². The number of nitrogens with zero attached hydrogens (tertiary/aromatic N) is 2. The zero-order chi connectivity index (χ0) is 26.3. The van der Waals surface area contributed by atoms with Crippen LogP contribution in [0, 0.1) is 5.41 Å². The lowest BCUT2D eigenvalue weighted by Gasteiger charge is -2.44. The van der Waals surface area contributed by atoms with Gasteiger partial charge in [-0.05, 0) is 72.1 Å². The van der Waals surface area contributed by atoms with Gasteiger partial charge in [-0.2, -0.15) is 4.31 Å². The molecule has 0 atom stereocenters. The van der Waals surface area contributed by atoms with E-state index in [0.717, 1.165) is 55.4 Å². The van der Waals surface area contributed by atoms with Crippen molar-refractivity contribution in [1.29, 1.82) is 0 Å². The van der Waals surface area contributed by atoms with Gasteiger partial charge in [-0.3, -0.25) is 0 Å². The molecule has 0 N–H and O–H groups in total. The average Bonchev–Trinajstić information content (AvgIpc) is 3.43. The van der Waals surface area contributed by atoms with E-state index in [4.69, 9.17) is 9.47 Å². The Kier molecular flexibility index (Phi) is 7.00. The Labute approximate surface area is 220 Å². The van der Waals surface area contributed by atoms with E-state index < -0.39 is 10.0 Å². The zero-order valence-electron chi connectivity index (χ0n) is 22.2. The van der Waals surface area contributed by atoms with Crippen LogP contribution in [0.5, 0.6) is 5.75 Å². The number of benzene rings is 2. The second kappa shape index (κ2) is 9.95. The molecule has 7 nitrogen and oxygen atoms in total. The molecule has 0 unspecified atom stereocenters. The molecule has 0 aliphatic carbocycles. The number of aryl methyl sites for hydroxylation is 1. The second-order valence-electron chi connectivity index (χ2n) is 11.8. The molecule has 2 fully saturated rings. The number of amides is 1. The predicted molar refractivity (Wildman–Crippen MR) is 143 cm³/mol. The number of fused-ring (bicyclic) bond motifs is 1. The molecule has 3 aliphatic heterocycles. The third-order valence-electron chi connectivity index (χ3n) is 7.69. The van der Waals surface area contributed by atoms with Gasteiger partial charge >= 0.3 is 6.09 Å². The standard InChI is InChI=1S/C29H38N2O5S/c1-28(2,3)21-35-27(32)30-18-14-29(15-19-30)13-12-24-20-23(8-11-26(24)36-29)22-6-9-25(10-7-22)37(33,34)31-16-4-5-17-31/h6-11,20H,4-5,12-19,21H2,1-3H3. The number of hydrogen-bond donors (Lipinski definition) is 0. The summed E-state index contributed by atoms with van der Waals surface area (Å²) in [5.41, 5.74) is 2.94. The minimum Gasteiger partial charge on any atom is -0.487 e. The van der Waals surface area contributed by atoms with Crippen LogP contribution in [0.4, 0.5) is 4.79 Å². The van der Waals surface area contributed by atoms with Gasteiger partial charge in [0.2, 0.25) is 10.0 Å². The maximum Gasteiger partial charge on any atom is 0.409 e. The second-order valence-corrected chi connectivity index (χ2v) is 13.8. The van der Waals surface area contributed by atoms with Crippen LogP contribution in [0.1, 0.15) is 58.4 Å². The zero-order valence-corrected chi connectivity index (χ0v) is 23.0. The molecule has 200 valence electrons. The van der Waals surface area contributed by atoms with Crippen LogP contribution < -0.4 is 4.74 Å². The van der Waals surface area contributed by atoms with Gasteiger partial charge in [0.1, 0.15) is 11.4 Å². The predicted octanol–water partition coefficient (Wildman–Crippen LogP) is 5.48. The summed E-state index contributed by atoms with van der Waals surface area (Å²) in [4.78, 5) is 14.6. The smallest absolute Gasteiger partial charge is 0.409 e. The molecule has 0 aromatic heterocycles. The maximum atomic E-state index is 12.8. The topological polar surface area (TPSA) is 76.2 Å². The van der Waals surface area contributed by atoms with Crippen molar-refractivity contribution in [3.8, 4) is 16.9 Å². The summed E-state index contributed by atoms with van der Waals surface area (Å²) in [7, 11) is -3.41. The van der Waals surface area contributed by atoms with Gasteiger partial charge in [-0.25, -0.2) is 13.2 Å². The molecule has 2 aromatic rings. The Balaban J connectivity index is 1.22. The summed E-state index contributed by atoms with van der Waals surface area (Å²) in [6.45, 7) is 9.08. The average molecular weight is 527 g/mol. The van der Waals surface area contributed by atoms with Gasteiger partial charge in [-0.15, -0.1) is 0 Å². The van der Waals surface area contributed by atoms with Crippen LogP contribution in [0.15, 0.2) is 47.4 Å². The normalized spacial score (nSPS) is 19.9. The van der Waals surface area contributed by atoms with Crippen LogP contribution in [-0.4, -0.2) is 62.1 Å². The van der Waals surface area contributed by atoms with Crippen LogP contribution in [-0.2, 0) is 21.2 Å². The highest BCUT2D eigenvalue weighted by Crippen LogP contribution is 2.41. The van der Waals surface area contributed by atoms with Gasteiger partial charge < -0.3 is 14.4 Å². The third-order valence-corrected chi connectivity index (χ3v) is 9.60. The lowest BCUT2D eigenvalue weighted by atomic mass is 9.82. The first-order chi connectivity index (χ1) is 17.5. The SMILES string of the molecule is CC(C)(C)COC(=O)N1CCC2(CCc3cc(-c4ccc(S(=O)(=O)N5CCCC5)cc4)ccc3O2)CC1. The van der Waals surface area contributed by atoms with Crippen molar-refractivity contribution in [2.75, 3.05) is 32.8 Å². The van der Waals surface area contributed by atoms with E-state index in [9.17, 15) is 13.2 Å². The summed E-state index contributed by atoms with van der Waals surface area (Å²) >= 11 is 0. The van der Waals surface area contributed by atoms with E-state index in [2.05, 4.69) is 26.8 Å². The van der Waals surface area contributed by atoms with E-state index in [1.165, 1.54) is 5.56 Å². The fourth-order valence-electron chi connectivity index (χ4n) is 5.42. The van der Waals surface area contributed by atoms with E-state index in [1.54, 1.807) is 21.3 Å². The maximum absolute atomic E-state index is 12.8. The Hall–Kier alpha value is -2.58. The molecule has 0 bridgehead atoms. The molecule has 8 heteroatoms. The number of piperidine rings is 1. The van der Waals surface area contributed by atoms with Crippen molar-refractivity contribution in [1.82, 2.24) is 9.21 Å². The molecule has 37 heavy (non-hydrogen) atoms. The number of carbonyl (C=O) groups excluding carboxylic acids is 1. The Morgan fingerprint density at radius 3 is 2.24 bits per heavy atom. The summed E-state index contributed by atoms with van der Waals surface area (Å²) in [5.74, 6) is 0.909. The summed E-state index contributed by atoms with van der Waals surface area (Å²) < 4.78 is 39.3. The van der Waals surface area contributed by atoms with Crippen molar-refractivity contribution >= 4 is 16.1 Å². The number of sulfonamides is 1. The number of carbonyl (C=O) groups is 1. The molecule has 0 radical (unpaired) electrons. The first kappa shape index (κ1) is 26.0. The van der Waals surface area contributed by atoms with Crippen molar-refractivity contribution in [3.63, 3.8) is 0 Å². The summed E-state index contributed by atoms with van der Waals surface area (Å²) in [6, 6.07) is 13.5. The fourth-order valence-corrected chi connectivity index (χ4v) is 6.93. The highest BCUT2D eigenvalue weighted by Gasteiger charge is 2.41. The van der Waals surface area contributed by atoms with E-state index in [0.29, 0.717) is 37.7 Å². The van der Waals surface area contributed by atoms with Gasteiger partial charge in [0, 0.05) is 39.0 Å². The quantitative estimate of drug-likeness (QED) is 0.527. The Morgan fingerprint density at radius 2 is 1.59 bits per heavy atom. The number of likely N-dealkylation sites (tertiary alicyclic amines) is 1. The highest BCUT2D eigenvalue weighted by atomic mass is 32.2. The number of rotatable bonds is 4. The first-order valence-corrected chi connectivity index (χ1v) is 14.8. The molecular weight excluding hydrogens is 488 g/mol. The largest absolute Gasteiger partial charge is 0.487 e. The molecular formula is C29H38N2O5S. The summed E-state index contributed by atoms with van der Waals surface area (Å²) in [6.07, 6.45) is 5.05. The van der Waals surface area contributed by atoms with Gasteiger partial charge in [0.05, 0.1) is 11.5 Å². The van der Waals surface area contributed by atoms with Gasteiger partial charge in [0.25, 0.3) is 0 Å². The van der Waals surface area contributed by atoms with E-state index >= 15 is 0 Å². The Morgan fingerprint density at radius 1 is 0.946 bits per heavy atom. The monoisotopic (exact) mass is 526 g/mol. The lowest BCUT2D eigenvalue weighted by Crippen LogP contribution is -2.51. The number of hydrogen-bond acceptors (Lipinski definition) is 5. The first-order valence-electron chi connectivity index (χ1n) is 13.4. The van der Waals surface area contributed by atoms with Crippen LogP contribution >= 0.6 is 0 Å². The lowest BCUT2D eigenvalue weighted by molar-refractivity contribution is -0.0171. The molecule has 3 aliphatic rings. The number of ether oxygens (including phenoxy) is 2. The highest BCUT2D eigenvalue weighted by molar-refractivity contribution is 7.89. The fraction of sp³-hybridized carbons (Fsp3) is 0.552. The molecule has 2 aromatic carbocycles. The van der Waals surface area contributed by atoms with Crippen LogP contribution in [0.3, 0.4) is 0 Å².